The summed E-state index contributed by atoms with van der Waals surface area (Å²) in [5, 5.41) is 19.7. The zero-order valence-electron chi connectivity index (χ0n) is 8.75. The Kier molecular flexibility index (Phi) is 3.78. The summed E-state index contributed by atoms with van der Waals surface area (Å²) in [5.74, 6) is -1.81. The Morgan fingerprint density at radius 3 is 3.00 bits per heavy atom. The van der Waals surface area contributed by atoms with Crippen molar-refractivity contribution in [2.45, 2.75) is 5.16 Å². The van der Waals surface area contributed by atoms with E-state index in [1.54, 1.807) is 0 Å². The highest BCUT2D eigenvalue weighted by atomic mass is 35.5. The number of carboxylic acids is 1. The molecule has 18 heavy (non-hydrogen) atoms. The quantitative estimate of drug-likeness (QED) is 0.861. The third-order valence-electron chi connectivity index (χ3n) is 1.90. The van der Waals surface area contributed by atoms with Gasteiger partial charge in [-0.3, -0.25) is 4.79 Å². The molecule has 0 aliphatic heterocycles. The first-order chi connectivity index (χ1) is 8.58. The fourth-order valence-electron chi connectivity index (χ4n) is 1.20. The van der Waals surface area contributed by atoms with E-state index in [0.717, 1.165) is 22.5 Å². The van der Waals surface area contributed by atoms with Gasteiger partial charge in [-0.05, 0) is 28.6 Å². The molecule has 0 atom stereocenters. The van der Waals surface area contributed by atoms with Crippen molar-refractivity contribution in [1.82, 2.24) is 20.2 Å². The summed E-state index contributed by atoms with van der Waals surface area (Å²) in [6.07, 6.45) is 0. The Hall–Kier alpha value is -1.67. The number of halogens is 2. The summed E-state index contributed by atoms with van der Waals surface area (Å²) in [4.78, 5) is 10.5. The third-order valence-corrected chi connectivity index (χ3v) is 3.04. The third kappa shape index (κ3) is 2.77. The fraction of sp³-hybridized carbons (Fsp3) is 0.111. The molecule has 0 saturated carbocycles. The maximum Gasteiger partial charge on any atom is 0.313 e. The van der Waals surface area contributed by atoms with Crippen LogP contribution in [0.4, 0.5) is 4.39 Å². The van der Waals surface area contributed by atoms with Gasteiger partial charge in [0.1, 0.15) is 5.69 Å². The lowest BCUT2D eigenvalue weighted by Crippen LogP contribution is -2.04. The second-order valence-electron chi connectivity index (χ2n) is 3.15. The van der Waals surface area contributed by atoms with Crippen LogP contribution in [0.25, 0.3) is 5.69 Å². The van der Waals surface area contributed by atoms with Crippen molar-refractivity contribution in [2.75, 3.05) is 5.75 Å². The van der Waals surface area contributed by atoms with Crippen molar-refractivity contribution in [1.29, 1.82) is 0 Å². The molecule has 0 aliphatic rings. The highest BCUT2D eigenvalue weighted by molar-refractivity contribution is 7.99. The summed E-state index contributed by atoms with van der Waals surface area (Å²) in [7, 11) is 0. The lowest BCUT2D eigenvalue weighted by atomic mass is 10.3. The predicted molar refractivity (Wildman–Crippen MR) is 62.5 cm³/mol. The number of thioether (sulfide) groups is 1. The number of carboxylic acid groups (broad SMARTS) is 1. The molecule has 1 heterocycles. The van der Waals surface area contributed by atoms with Gasteiger partial charge in [0.25, 0.3) is 0 Å². The van der Waals surface area contributed by atoms with Gasteiger partial charge in [0.15, 0.2) is 5.82 Å². The van der Waals surface area contributed by atoms with Crippen LogP contribution in [0.15, 0.2) is 23.4 Å². The highest BCUT2D eigenvalue weighted by Gasteiger charge is 2.14. The van der Waals surface area contributed by atoms with Crippen LogP contribution in [0, 0.1) is 5.82 Å². The molecular weight excluding hydrogens is 283 g/mol. The summed E-state index contributed by atoms with van der Waals surface area (Å²) in [5.41, 5.74) is 0.109. The van der Waals surface area contributed by atoms with E-state index in [2.05, 4.69) is 15.5 Å². The number of carbonyl (C=O) groups is 1. The summed E-state index contributed by atoms with van der Waals surface area (Å²) >= 11 is 6.53. The molecule has 2 aromatic rings. The molecule has 2 rings (SSSR count). The molecule has 0 aliphatic carbocycles. The van der Waals surface area contributed by atoms with E-state index in [1.165, 1.54) is 12.1 Å². The van der Waals surface area contributed by atoms with Gasteiger partial charge >= 0.3 is 5.97 Å². The number of hydrogen-bond donors (Lipinski definition) is 1. The van der Waals surface area contributed by atoms with Crippen LogP contribution in [0.1, 0.15) is 0 Å². The van der Waals surface area contributed by atoms with Gasteiger partial charge in [-0.1, -0.05) is 23.4 Å². The van der Waals surface area contributed by atoms with Gasteiger partial charge in [0.05, 0.1) is 5.75 Å². The second kappa shape index (κ2) is 5.32. The molecule has 94 valence electrons. The second-order valence-corrected chi connectivity index (χ2v) is 4.53. The molecule has 0 bridgehead atoms. The zero-order chi connectivity index (χ0) is 13.1. The van der Waals surface area contributed by atoms with Crippen molar-refractivity contribution in [2.24, 2.45) is 0 Å². The number of nitrogens with zero attached hydrogens (tertiary/aromatic N) is 4. The Labute approximate surface area is 110 Å². The van der Waals surface area contributed by atoms with E-state index < -0.39 is 11.8 Å². The van der Waals surface area contributed by atoms with Crippen molar-refractivity contribution in [3.05, 3.63) is 29.0 Å². The smallest absolute Gasteiger partial charge is 0.313 e. The Morgan fingerprint density at radius 1 is 1.56 bits per heavy atom. The predicted octanol–water partition coefficient (Wildman–Crippen LogP) is 1.63. The summed E-state index contributed by atoms with van der Waals surface area (Å²) in [6, 6.07) is 4.04. The minimum atomic E-state index is -1.01. The molecule has 9 heteroatoms. The van der Waals surface area contributed by atoms with Gasteiger partial charge in [0, 0.05) is 5.02 Å². The first-order valence-corrected chi connectivity index (χ1v) is 6.02. The maximum absolute atomic E-state index is 13.7. The molecule has 6 nitrogen and oxygen atoms in total. The Balaban J connectivity index is 2.33. The van der Waals surface area contributed by atoms with Crippen molar-refractivity contribution in [3.63, 3.8) is 0 Å². The van der Waals surface area contributed by atoms with Crippen LogP contribution in [-0.2, 0) is 4.79 Å². The molecule has 0 fully saturated rings. The van der Waals surface area contributed by atoms with Crippen molar-refractivity contribution >= 4 is 29.3 Å². The number of hydrogen-bond acceptors (Lipinski definition) is 5. The van der Waals surface area contributed by atoms with Gasteiger partial charge in [0.2, 0.25) is 5.16 Å². The first kappa shape index (κ1) is 12.8. The largest absolute Gasteiger partial charge is 0.481 e. The van der Waals surface area contributed by atoms with E-state index in [9.17, 15) is 9.18 Å². The number of aromatic nitrogens is 4. The molecular formula is C9H6ClFN4O2S. The van der Waals surface area contributed by atoms with E-state index in [1.807, 2.05) is 0 Å². The number of rotatable bonds is 4. The number of aliphatic carboxylic acids is 1. The van der Waals surface area contributed by atoms with Crippen LogP contribution in [-0.4, -0.2) is 37.0 Å². The van der Waals surface area contributed by atoms with Gasteiger partial charge in [-0.25, -0.2) is 4.39 Å². The fourth-order valence-corrected chi connectivity index (χ4v) is 1.96. The normalized spacial score (nSPS) is 10.6. The molecule has 0 unspecified atom stereocenters. The van der Waals surface area contributed by atoms with Crippen LogP contribution < -0.4 is 0 Å². The van der Waals surface area contributed by atoms with Gasteiger partial charge < -0.3 is 5.11 Å². The average molecular weight is 289 g/mol. The topological polar surface area (TPSA) is 80.9 Å². The standard InChI is InChI=1S/C9H6ClFN4O2S/c10-5-1-2-7(6(11)3-5)15-9(12-13-14-15)18-4-8(16)17/h1-3H,4H2,(H,16,17). The molecule has 1 aromatic heterocycles. The summed E-state index contributed by atoms with van der Waals surface area (Å²) in [6.45, 7) is 0. The minimum absolute atomic E-state index is 0.109. The highest BCUT2D eigenvalue weighted by Crippen LogP contribution is 2.22. The summed E-state index contributed by atoms with van der Waals surface area (Å²) < 4.78 is 14.8. The van der Waals surface area contributed by atoms with E-state index >= 15 is 0 Å². The van der Waals surface area contributed by atoms with Crippen LogP contribution >= 0.6 is 23.4 Å². The minimum Gasteiger partial charge on any atom is -0.481 e. The zero-order valence-corrected chi connectivity index (χ0v) is 10.3. The monoisotopic (exact) mass is 288 g/mol. The van der Waals surface area contributed by atoms with Crippen LogP contribution in [0.3, 0.4) is 0 Å². The molecule has 0 amide bonds. The molecule has 0 saturated heterocycles. The Bertz CT molecular complexity index is 592. The molecule has 0 radical (unpaired) electrons. The van der Waals surface area contributed by atoms with Crippen LogP contribution in [0.2, 0.25) is 5.02 Å². The van der Waals surface area contributed by atoms with Crippen molar-refractivity contribution < 1.29 is 14.3 Å². The van der Waals surface area contributed by atoms with E-state index in [0.29, 0.717) is 0 Å². The SMILES string of the molecule is O=C(O)CSc1nnnn1-c1ccc(Cl)cc1F. The molecule has 1 N–H and O–H groups in total. The Morgan fingerprint density at radius 2 is 2.33 bits per heavy atom. The number of benzene rings is 1. The first-order valence-electron chi connectivity index (χ1n) is 4.66. The maximum atomic E-state index is 13.7. The van der Waals surface area contributed by atoms with Gasteiger partial charge in [-0.2, -0.15) is 4.68 Å². The van der Waals surface area contributed by atoms with Gasteiger partial charge in [-0.15, -0.1) is 5.10 Å². The van der Waals surface area contributed by atoms with E-state index in [4.69, 9.17) is 16.7 Å². The van der Waals surface area contributed by atoms with E-state index in [-0.39, 0.29) is 21.6 Å². The lowest BCUT2D eigenvalue weighted by molar-refractivity contribution is -0.133. The molecule has 0 spiro atoms. The average Bonchev–Trinajstić information content (AvgIpc) is 2.74. The molecule has 1 aromatic carbocycles. The van der Waals surface area contributed by atoms with Crippen LogP contribution in [0.5, 0.6) is 0 Å². The van der Waals surface area contributed by atoms with Crippen molar-refractivity contribution in [3.8, 4) is 5.69 Å². The lowest BCUT2D eigenvalue weighted by Gasteiger charge is -2.04. The number of tetrazole rings is 1.